The van der Waals surface area contributed by atoms with E-state index in [1.165, 1.54) is 0 Å². The average molecular weight is 424 g/mol. The average Bonchev–Trinajstić information content (AvgIpc) is 3.41. The molecule has 7 heteroatoms. The van der Waals surface area contributed by atoms with Crippen LogP contribution in [0.5, 0.6) is 5.75 Å². The van der Waals surface area contributed by atoms with Crippen LogP contribution in [-0.4, -0.2) is 35.5 Å². The van der Waals surface area contributed by atoms with E-state index >= 15 is 0 Å². The van der Waals surface area contributed by atoms with E-state index in [9.17, 15) is 4.79 Å². The summed E-state index contributed by atoms with van der Waals surface area (Å²) in [5.41, 5.74) is 1.77. The topological polar surface area (TPSA) is 68.5 Å². The molecule has 1 fully saturated rings. The number of nitrogens with zero attached hydrogens (tertiary/aromatic N) is 3. The number of benzene rings is 2. The summed E-state index contributed by atoms with van der Waals surface area (Å²) in [6, 6.07) is 15.7. The van der Waals surface area contributed by atoms with Gasteiger partial charge in [-0.2, -0.15) is 4.98 Å². The van der Waals surface area contributed by atoms with Gasteiger partial charge in [0, 0.05) is 29.1 Å². The number of carbonyl (C=O) groups excluding carboxylic acids is 1. The highest BCUT2D eigenvalue weighted by Crippen LogP contribution is 2.33. The molecule has 1 aromatic heterocycles. The monoisotopic (exact) mass is 423 g/mol. The Morgan fingerprint density at radius 3 is 2.83 bits per heavy atom. The number of rotatable bonds is 8. The van der Waals surface area contributed by atoms with E-state index in [4.69, 9.17) is 9.26 Å². The van der Waals surface area contributed by atoms with Crippen LogP contribution in [-0.2, 0) is 4.79 Å². The summed E-state index contributed by atoms with van der Waals surface area (Å²) in [6.45, 7) is 3.40. The van der Waals surface area contributed by atoms with Crippen LogP contribution in [0.15, 0.2) is 57.9 Å². The first-order valence-corrected chi connectivity index (χ1v) is 11.4. The largest absolute Gasteiger partial charge is 0.494 e. The lowest BCUT2D eigenvalue weighted by Crippen LogP contribution is -2.24. The number of amides is 1. The molecule has 1 aliphatic heterocycles. The van der Waals surface area contributed by atoms with Crippen molar-refractivity contribution in [1.82, 2.24) is 10.1 Å². The van der Waals surface area contributed by atoms with Crippen LogP contribution in [0.3, 0.4) is 0 Å². The Hall–Kier alpha value is -2.80. The summed E-state index contributed by atoms with van der Waals surface area (Å²) in [4.78, 5) is 20.1. The number of hydrogen-bond acceptors (Lipinski definition) is 6. The van der Waals surface area contributed by atoms with Crippen molar-refractivity contribution in [2.75, 3.05) is 24.3 Å². The summed E-state index contributed by atoms with van der Waals surface area (Å²) in [7, 11) is 0. The van der Waals surface area contributed by atoms with E-state index < -0.39 is 0 Å². The molecule has 0 radical (unpaired) electrons. The fraction of sp³-hybridized carbons (Fsp3) is 0.348. The highest BCUT2D eigenvalue weighted by Gasteiger charge is 2.35. The Morgan fingerprint density at radius 1 is 1.23 bits per heavy atom. The van der Waals surface area contributed by atoms with Crippen LogP contribution < -0.4 is 9.64 Å². The second-order valence-corrected chi connectivity index (χ2v) is 8.17. The van der Waals surface area contributed by atoms with Crippen LogP contribution in [0.2, 0.25) is 0 Å². The maximum absolute atomic E-state index is 12.6. The SMILES string of the molecule is CCCCOc1ccc(-c2noc(C3CC(=O)N(c4cccc(SC)c4)C3)n2)cc1. The number of anilines is 1. The number of thioether (sulfide) groups is 1. The minimum absolute atomic E-state index is 0.0755. The predicted octanol–water partition coefficient (Wildman–Crippen LogP) is 5.16. The number of unbranched alkanes of at least 4 members (excludes halogenated alkanes) is 1. The summed E-state index contributed by atoms with van der Waals surface area (Å²) >= 11 is 1.66. The Morgan fingerprint density at radius 2 is 2.07 bits per heavy atom. The first-order valence-electron chi connectivity index (χ1n) is 10.2. The second-order valence-electron chi connectivity index (χ2n) is 7.29. The molecule has 0 aliphatic carbocycles. The van der Waals surface area contributed by atoms with Crippen molar-refractivity contribution < 1.29 is 14.1 Å². The summed E-state index contributed by atoms with van der Waals surface area (Å²) in [5, 5.41) is 4.13. The molecule has 1 unspecified atom stereocenters. The minimum atomic E-state index is -0.103. The van der Waals surface area contributed by atoms with Crippen molar-refractivity contribution in [3.05, 3.63) is 54.4 Å². The van der Waals surface area contributed by atoms with Crippen molar-refractivity contribution in [2.45, 2.75) is 37.0 Å². The molecule has 1 atom stereocenters. The molecular weight excluding hydrogens is 398 g/mol. The van der Waals surface area contributed by atoms with Crippen molar-refractivity contribution in [2.24, 2.45) is 0 Å². The van der Waals surface area contributed by atoms with Gasteiger partial charge in [0.05, 0.1) is 12.5 Å². The predicted molar refractivity (Wildman–Crippen MR) is 118 cm³/mol. The van der Waals surface area contributed by atoms with Gasteiger partial charge in [0.1, 0.15) is 5.75 Å². The smallest absolute Gasteiger partial charge is 0.232 e. The number of ether oxygens (including phenoxy) is 1. The number of carbonyl (C=O) groups is 1. The van der Waals surface area contributed by atoms with E-state index in [1.807, 2.05) is 54.8 Å². The summed E-state index contributed by atoms with van der Waals surface area (Å²) < 4.78 is 11.2. The Balaban J connectivity index is 1.44. The van der Waals surface area contributed by atoms with Gasteiger partial charge in [0.15, 0.2) is 0 Å². The normalized spacial score (nSPS) is 16.3. The Kier molecular flexibility index (Phi) is 6.38. The van der Waals surface area contributed by atoms with E-state index in [0.717, 1.165) is 34.7 Å². The quantitative estimate of drug-likeness (QED) is 0.368. The molecule has 0 spiro atoms. The molecule has 0 N–H and O–H groups in total. The Labute approximate surface area is 180 Å². The van der Waals surface area contributed by atoms with Gasteiger partial charge in [-0.1, -0.05) is 24.6 Å². The lowest BCUT2D eigenvalue weighted by molar-refractivity contribution is -0.117. The highest BCUT2D eigenvalue weighted by atomic mass is 32.2. The van der Waals surface area contributed by atoms with Crippen molar-refractivity contribution in [1.29, 1.82) is 0 Å². The van der Waals surface area contributed by atoms with E-state index in [0.29, 0.717) is 31.3 Å². The first kappa shape index (κ1) is 20.5. The highest BCUT2D eigenvalue weighted by molar-refractivity contribution is 7.98. The van der Waals surface area contributed by atoms with Gasteiger partial charge in [-0.3, -0.25) is 4.79 Å². The fourth-order valence-electron chi connectivity index (χ4n) is 3.45. The third-order valence-corrected chi connectivity index (χ3v) is 5.89. The van der Waals surface area contributed by atoms with Gasteiger partial charge in [-0.25, -0.2) is 0 Å². The zero-order chi connectivity index (χ0) is 20.9. The van der Waals surface area contributed by atoms with Crippen molar-refractivity contribution >= 4 is 23.4 Å². The van der Waals surface area contributed by atoms with Crippen molar-refractivity contribution in [3.8, 4) is 17.1 Å². The molecule has 1 saturated heterocycles. The summed E-state index contributed by atoms with van der Waals surface area (Å²) in [5.74, 6) is 1.84. The maximum Gasteiger partial charge on any atom is 0.232 e. The molecule has 2 heterocycles. The van der Waals surface area contributed by atoms with Gasteiger partial charge >= 0.3 is 0 Å². The molecule has 0 saturated carbocycles. The molecule has 4 rings (SSSR count). The molecule has 2 aromatic carbocycles. The van der Waals surface area contributed by atoms with E-state index in [1.54, 1.807) is 16.7 Å². The lowest BCUT2D eigenvalue weighted by Gasteiger charge is -2.16. The summed E-state index contributed by atoms with van der Waals surface area (Å²) in [6.07, 6.45) is 4.54. The first-order chi connectivity index (χ1) is 14.7. The number of hydrogen-bond donors (Lipinski definition) is 0. The maximum atomic E-state index is 12.6. The standard InChI is InChI=1S/C23H25N3O3S/c1-3-4-12-28-19-10-8-16(9-11-19)22-24-23(29-25-22)17-13-21(27)26(15-17)18-6-5-7-20(14-18)30-2/h5-11,14,17H,3-4,12-13,15H2,1-2H3. The molecular formula is C23H25N3O3S. The lowest BCUT2D eigenvalue weighted by atomic mass is 10.1. The zero-order valence-electron chi connectivity index (χ0n) is 17.2. The van der Waals surface area contributed by atoms with Gasteiger partial charge in [0.2, 0.25) is 17.6 Å². The number of aromatic nitrogens is 2. The van der Waals surface area contributed by atoms with Gasteiger partial charge < -0.3 is 14.2 Å². The van der Waals surface area contributed by atoms with Crippen LogP contribution in [0.4, 0.5) is 5.69 Å². The molecule has 1 amide bonds. The van der Waals surface area contributed by atoms with E-state index in [-0.39, 0.29) is 11.8 Å². The molecule has 3 aromatic rings. The molecule has 30 heavy (non-hydrogen) atoms. The molecule has 156 valence electrons. The van der Waals surface area contributed by atoms with E-state index in [2.05, 4.69) is 17.1 Å². The van der Waals surface area contributed by atoms with Gasteiger partial charge in [-0.05, 0) is 55.1 Å². The molecule has 6 nitrogen and oxygen atoms in total. The van der Waals surface area contributed by atoms with Gasteiger partial charge in [-0.15, -0.1) is 11.8 Å². The van der Waals surface area contributed by atoms with Crippen LogP contribution in [0.1, 0.15) is 38.0 Å². The Bertz CT molecular complexity index is 1000. The molecule has 1 aliphatic rings. The minimum Gasteiger partial charge on any atom is -0.494 e. The van der Waals surface area contributed by atoms with Crippen LogP contribution in [0, 0.1) is 0 Å². The fourth-order valence-corrected chi connectivity index (χ4v) is 3.91. The van der Waals surface area contributed by atoms with Crippen molar-refractivity contribution in [3.63, 3.8) is 0 Å². The van der Waals surface area contributed by atoms with Crippen LogP contribution in [0.25, 0.3) is 11.4 Å². The zero-order valence-corrected chi connectivity index (χ0v) is 18.0. The second kappa shape index (κ2) is 9.34. The molecule has 0 bridgehead atoms. The third kappa shape index (κ3) is 4.51. The van der Waals surface area contributed by atoms with Gasteiger partial charge in [0.25, 0.3) is 0 Å². The third-order valence-electron chi connectivity index (χ3n) is 5.16. The van der Waals surface area contributed by atoms with Crippen LogP contribution >= 0.6 is 11.8 Å².